The number of hydrogen-bond acceptors (Lipinski definition) is 8. The second-order valence-corrected chi connectivity index (χ2v) is 9.06. The number of nitrogen functional groups attached to an aromatic ring is 1. The molecule has 180 valence electrons. The lowest BCUT2D eigenvalue weighted by molar-refractivity contribution is 0.107. The fourth-order valence-corrected chi connectivity index (χ4v) is 4.23. The third kappa shape index (κ3) is 6.22. The minimum Gasteiger partial charge on any atom is -0.468 e. The second kappa shape index (κ2) is 11.7. The average molecular weight is 448 g/mol. The van der Waals surface area contributed by atoms with E-state index in [1.165, 1.54) is 0 Å². The SMILES string of the molecule is CCCC[C@H](C)Oc1nc(N)c2nc(OC)n(CCCCN3CCN(C(C)C)CC3)c2n1. The highest BCUT2D eigenvalue weighted by Gasteiger charge is 2.20. The first-order chi connectivity index (χ1) is 15.4. The van der Waals surface area contributed by atoms with E-state index in [4.69, 9.17) is 15.2 Å². The van der Waals surface area contributed by atoms with Crippen LogP contribution in [0.15, 0.2) is 0 Å². The molecule has 1 aliphatic heterocycles. The van der Waals surface area contributed by atoms with Gasteiger partial charge in [0.1, 0.15) is 0 Å². The van der Waals surface area contributed by atoms with Gasteiger partial charge >= 0.3 is 6.01 Å². The highest BCUT2D eigenvalue weighted by atomic mass is 16.5. The molecule has 0 unspecified atom stereocenters. The molecule has 0 spiro atoms. The van der Waals surface area contributed by atoms with E-state index in [1.807, 2.05) is 11.5 Å². The summed E-state index contributed by atoms with van der Waals surface area (Å²) in [5.41, 5.74) is 7.43. The Balaban J connectivity index is 1.61. The summed E-state index contributed by atoms with van der Waals surface area (Å²) in [6.45, 7) is 15.3. The van der Waals surface area contributed by atoms with Crippen molar-refractivity contribution in [3.63, 3.8) is 0 Å². The van der Waals surface area contributed by atoms with E-state index in [0.29, 0.717) is 35.0 Å². The molecule has 0 radical (unpaired) electrons. The van der Waals surface area contributed by atoms with Crippen LogP contribution in [0.2, 0.25) is 0 Å². The molecule has 1 saturated heterocycles. The third-order valence-corrected chi connectivity index (χ3v) is 6.26. The number of rotatable bonds is 12. The van der Waals surface area contributed by atoms with Crippen molar-refractivity contribution in [2.24, 2.45) is 0 Å². The predicted molar refractivity (Wildman–Crippen MR) is 128 cm³/mol. The predicted octanol–water partition coefficient (Wildman–Crippen LogP) is 3.18. The number of ether oxygens (including phenoxy) is 2. The Morgan fingerprint density at radius 2 is 1.69 bits per heavy atom. The number of imidazole rings is 1. The molecule has 0 saturated carbocycles. The zero-order chi connectivity index (χ0) is 23.1. The first-order valence-electron chi connectivity index (χ1n) is 12.1. The second-order valence-electron chi connectivity index (χ2n) is 9.06. The van der Waals surface area contributed by atoms with Crippen molar-refractivity contribution in [1.29, 1.82) is 0 Å². The van der Waals surface area contributed by atoms with Crippen molar-refractivity contribution in [1.82, 2.24) is 29.3 Å². The molecule has 9 heteroatoms. The highest BCUT2D eigenvalue weighted by molar-refractivity contribution is 5.83. The highest BCUT2D eigenvalue weighted by Crippen LogP contribution is 2.26. The Labute approximate surface area is 192 Å². The van der Waals surface area contributed by atoms with Crippen LogP contribution in [0, 0.1) is 0 Å². The number of hydrogen-bond donors (Lipinski definition) is 1. The first kappa shape index (κ1) is 24.5. The number of nitrogens with two attached hydrogens (primary N) is 1. The van der Waals surface area contributed by atoms with Crippen LogP contribution in [0.5, 0.6) is 12.0 Å². The van der Waals surface area contributed by atoms with Gasteiger partial charge in [0, 0.05) is 38.8 Å². The quantitative estimate of drug-likeness (QED) is 0.496. The summed E-state index contributed by atoms with van der Waals surface area (Å²) in [6.07, 6.45) is 5.37. The standard InChI is InChI=1S/C23H41N7O2/c1-6-7-10-18(4)32-22-26-20(24)19-21(27-22)30(23(25-19)31-5)12-9-8-11-28-13-15-29(16-14-28)17(2)3/h17-18H,6-16H2,1-5H3,(H2,24,26,27)/t18-/m0/s1. The lowest BCUT2D eigenvalue weighted by atomic mass is 10.2. The minimum atomic E-state index is 0.0428. The number of aromatic nitrogens is 4. The van der Waals surface area contributed by atoms with Gasteiger partial charge in [0.2, 0.25) is 0 Å². The van der Waals surface area contributed by atoms with Crippen LogP contribution in [0.25, 0.3) is 11.2 Å². The fourth-order valence-electron chi connectivity index (χ4n) is 4.23. The molecule has 0 aliphatic carbocycles. The van der Waals surface area contributed by atoms with E-state index < -0.39 is 0 Å². The Kier molecular flexibility index (Phi) is 8.92. The number of nitrogens with zero attached hydrogens (tertiary/aromatic N) is 6. The first-order valence-corrected chi connectivity index (χ1v) is 12.1. The topological polar surface area (TPSA) is 94.6 Å². The summed E-state index contributed by atoms with van der Waals surface area (Å²) in [6, 6.07) is 1.46. The van der Waals surface area contributed by atoms with Gasteiger partial charge in [-0.05, 0) is 46.6 Å². The van der Waals surface area contributed by atoms with E-state index in [1.54, 1.807) is 7.11 Å². The van der Waals surface area contributed by atoms with Crippen LogP contribution in [0.4, 0.5) is 5.82 Å². The maximum Gasteiger partial charge on any atom is 0.320 e. The van der Waals surface area contributed by atoms with Crippen molar-refractivity contribution in [2.45, 2.75) is 78.5 Å². The van der Waals surface area contributed by atoms with Crippen LogP contribution in [-0.2, 0) is 6.54 Å². The summed E-state index contributed by atoms with van der Waals surface area (Å²) in [7, 11) is 1.62. The third-order valence-electron chi connectivity index (χ3n) is 6.26. The van der Waals surface area contributed by atoms with E-state index in [-0.39, 0.29) is 6.10 Å². The molecule has 2 N–H and O–H groups in total. The molecular formula is C23H41N7O2. The molecule has 0 bridgehead atoms. The van der Waals surface area contributed by atoms with Gasteiger partial charge in [-0.3, -0.25) is 9.47 Å². The molecule has 0 aromatic carbocycles. The summed E-state index contributed by atoms with van der Waals surface area (Å²) in [4.78, 5) is 18.6. The molecule has 1 atom stereocenters. The normalized spacial score (nSPS) is 16.7. The van der Waals surface area contributed by atoms with Gasteiger partial charge in [0.15, 0.2) is 17.0 Å². The largest absolute Gasteiger partial charge is 0.468 e. The number of anilines is 1. The van der Waals surface area contributed by atoms with Crippen molar-refractivity contribution >= 4 is 17.0 Å². The Bertz CT molecular complexity index is 846. The van der Waals surface area contributed by atoms with Gasteiger partial charge in [-0.1, -0.05) is 19.8 Å². The van der Waals surface area contributed by atoms with Gasteiger partial charge in [0.25, 0.3) is 6.01 Å². The smallest absolute Gasteiger partial charge is 0.320 e. The van der Waals surface area contributed by atoms with E-state index in [9.17, 15) is 0 Å². The van der Waals surface area contributed by atoms with Gasteiger partial charge in [-0.2, -0.15) is 15.0 Å². The van der Waals surface area contributed by atoms with Crippen molar-refractivity contribution in [3.05, 3.63) is 0 Å². The van der Waals surface area contributed by atoms with Crippen LogP contribution < -0.4 is 15.2 Å². The molecule has 2 aromatic heterocycles. The molecule has 1 aliphatic rings. The molecule has 2 aromatic rings. The minimum absolute atomic E-state index is 0.0428. The van der Waals surface area contributed by atoms with E-state index in [2.05, 4.69) is 45.5 Å². The van der Waals surface area contributed by atoms with E-state index in [0.717, 1.165) is 71.4 Å². The monoisotopic (exact) mass is 447 g/mol. The van der Waals surface area contributed by atoms with E-state index >= 15 is 0 Å². The Morgan fingerprint density at radius 3 is 2.34 bits per heavy atom. The van der Waals surface area contributed by atoms with Crippen LogP contribution in [-0.4, -0.2) is 81.3 Å². The molecule has 3 rings (SSSR count). The molecule has 0 amide bonds. The fraction of sp³-hybridized carbons (Fsp3) is 0.783. The van der Waals surface area contributed by atoms with Gasteiger partial charge in [-0.15, -0.1) is 0 Å². The Morgan fingerprint density at radius 1 is 0.969 bits per heavy atom. The molecule has 3 heterocycles. The number of methoxy groups -OCH3 is 1. The van der Waals surface area contributed by atoms with Crippen molar-refractivity contribution in [2.75, 3.05) is 45.6 Å². The molecule has 32 heavy (non-hydrogen) atoms. The molecule has 1 fully saturated rings. The summed E-state index contributed by atoms with van der Waals surface area (Å²) in [5, 5.41) is 0. The van der Waals surface area contributed by atoms with Gasteiger partial charge < -0.3 is 20.1 Å². The van der Waals surface area contributed by atoms with Crippen molar-refractivity contribution < 1.29 is 9.47 Å². The number of aryl methyl sites for hydroxylation is 1. The lowest BCUT2D eigenvalue weighted by Crippen LogP contribution is -2.48. The van der Waals surface area contributed by atoms with Crippen molar-refractivity contribution in [3.8, 4) is 12.0 Å². The Hall–Kier alpha value is -2.13. The summed E-state index contributed by atoms with van der Waals surface area (Å²) >= 11 is 0. The molecular weight excluding hydrogens is 406 g/mol. The maximum absolute atomic E-state index is 6.18. The van der Waals surface area contributed by atoms with Crippen LogP contribution in [0.3, 0.4) is 0 Å². The zero-order valence-corrected chi connectivity index (χ0v) is 20.5. The van der Waals surface area contributed by atoms with Crippen LogP contribution >= 0.6 is 0 Å². The molecule has 9 nitrogen and oxygen atoms in total. The van der Waals surface area contributed by atoms with Crippen LogP contribution in [0.1, 0.15) is 59.8 Å². The number of unbranched alkanes of at least 4 members (excludes halogenated alkanes) is 2. The zero-order valence-electron chi connectivity index (χ0n) is 20.5. The van der Waals surface area contributed by atoms with Gasteiger partial charge in [-0.25, -0.2) is 0 Å². The summed E-state index contributed by atoms with van der Waals surface area (Å²) < 4.78 is 13.4. The lowest BCUT2D eigenvalue weighted by Gasteiger charge is -2.36. The van der Waals surface area contributed by atoms with Gasteiger partial charge in [0.05, 0.1) is 13.2 Å². The average Bonchev–Trinajstić information content (AvgIpc) is 3.13. The maximum atomic E-state index is 6.18. The summed E-state index contributed by atoms with van der Waals surface area (Å²) in [5.74, 6) is 0.327. The number of piperazine rings is 1. The number of fused-ring (bicyclic) bond motifs is 1.